The van der Waals surface area contributed by atoms with Gasteiger partial charge in [-0.2, -0.15) is 0 Å². The van der Waals surface area contributed by atoms with E-state index in [1.165, 1.54) is 0 Å². The lowest BCUT2D eigenvalue weighted by molar-refractivity contribution is 0.476. The number of benzene rings is 2. The molecule has 21 heavy (non-hydrogen) atoms. The normalized spacial score (nSPS) is 10.7. The number of para-hydroxylation sites is 1. The molecule has 0 radical (unpaired) electrons. The molecule has 4 nitrogen and oxygen atoms in total. The number of anilines is 2. The maximum Gasteiger partial charge on any atom is 0.136 e. The first-order valence-electron chi connectivity index (χ1n) is 6.77. The molecule has 2 aromatic carbocycles. The van der Waals surface area contributed by atoms with Crippen molar-refractivity contribution in [3.63, 3.8) is 0 Å². The van der Waals surface area contributed by atoms with Gasteiger partial charge in [-0.1, -0.05) is 24.3 Å². The maximum absolute atomic E-state index is 9.70. The van der Waals surface area contributed by atoms with E-state index >= 15 is 0 Å². The zero-order valence-electron chi connectivity index (χ0n) is 11.8. The number of nitrogen functional groups attached to an aromatic ring is 1. The number of pyridine rings is 1. The van der Waals surface area contributed by atoms with Crippen LogP contribution in [-0.2, 0) is 6.54 Å². The predicted octanol–water partition coefficient (Wildman–Crippen LogP) is 3.16. The molecule has 0 spiro atoms. The van der Waals surface area contributed by atoms with Gasteiger partial charge in [-0.05, 0) is 35.2 Å². The average molecular weight is 279 g/mol. The number of hydrogen-bond acceptors (Lipinski definition) is 4. The van der Waals surface area contributed by atoms with Gasteiger partial charge in [-0.25, -0.2) is 4.98 Å². The Bertz CT molecular complexity index is 786. The highest BCUT2D eigenvalue weighted by molar-refractivity contribution is 5.93. The summed E-state index contributed by atoms with van der Waals surface area (Å²) in [4.78, 5) is 6.48. The Morgan fingerprint density at radius 2 is 1.95 bits per heavy atom. The fourth-order valence-electron chi connectivity index (χ4n) is 2.45. The topological polar surface area (TPSA) is 62.4 Å². The van der Waals surface area contributed by atoms with E-state index in [4.69, 9.17) is 5.73 Å². The molecular formula is C17H17N3O. The third kappa shape index (κ3) is 2.60. The quantitative estimate of drug-likeness (QED) is 0.723. The number of nitrogens with zero attached hydrogens (tertiary/aromatic N) is 2. The molecule has 3 aromatic rings. The van der Waals surface area contributed by atoms with E-state index < -0.39 is 0 Å². The van der Waals surface area contributed by atoms with Gasteiger partial charge in [0.1, 0.15) is 11.6 Å². The van der Waals surface area contributed by atoms with Crippen LogP contribution in [0.5, 0.6) is 5.75 Å². The summed E-state index contributed by atoms with van der Waals surface area (Å²) in [6, 6.07) is 15.0. The number of aromatic nitrogens is 1. The summed E-state index contributed by atoms with van der Waals surface area (Å²) in [6.07, 6.45) is 1.78. The number of phenols is 1. The van der Waals surface area contributed by atoms with Crippen LogP contribution in [0.1, 0.15) is 5.56 Å². The van der Waals surface area contributed by atoms with Gasteiger partial charge >= 0.3 is 0 Å². The van der Waals surface area contributed by atoms with E-state index in [-0.39, 0.29) is 5.75 Å². The molecule has 0 unspecified atom stereocenters. The standard InChI is InChI=1S/C17H17N3O/c1-20(11-13-4-2-3-5-16(13)18)17-15-10-14(21)7-6-12(15)8-9-19-17/h2-10,21H,11,18H2,1H3. The van der Waals surface area contributed by atoms with Gasteiger partial charge in [0, 0.05) is 30.9 Å². The smallest absolute Gasteiger partial charge is 0.136 e. The Morgan fingerprint density at radius 1 is 1.14 bits per heavy atom. The molecule has 3 N–H and O–H groups in total. The summed E-state index contributed by atoms with van der Waals surface area (Å²) in [5.74, 6) is 1.07. The number of hydrogen-bond donors (Lipinski definition) is 2. The first-order valence-corrected chi connectivity index (χ1v) is 6.77. The zero-order valence-corrected chi connectivity index (χ0v) is 11.8. The fourth-order valence-corrected chi connectivity index (χ4v) is 2.45. The molecule has 4 heteroatoms. The van der Waals surface area contributed by atoms with E-state index in [0.717, 1.165) is 27.8 Å². The van der Waals surface area contributed by atoms with Gasteiger partial charge in [0.15, 0.2) is 0 Å². The van der Waals surface area contributed by atoms with Gasteiger partial charge in [0.05, 0.1) is 0 Å². The molecule has 0 saturated carbocycles. The van der Waals surface area contributed by atoms with Crippen LogP contribution < -0.4 is 10.6 Å². The van der Waals surface area contributed by atoms with Crippen molar-refractivity contribution in [2.24, 2.45) is 0 Å². The zero-order chi connectivity index (χ0) is 14.8. The molecule has 0 saturated heterocycles. The molecule has 106 valence electrons. The highest BCUT2D eigenvalue weighted by Crippen LogP contribution is 2.28. The second kappa shape index (κ2) is 5.32. The van der Waals surface area contributed by atoms with Gasteiger partial charge in [0.25, 0.3) is 0 Å². The minimum absolute atomic E-state index is 0.240. The lowest BCUT2D eigenvalue weighted by Crippen LogP contribution is -2.18. The molecule has 0 aliphatic carbocycles. The van der Waals surface area contributed by atoms with E-state index in [1.807, 2.05) is 48.3 Å². The number of aromatic hydroxyl groups is 1. The lowest BCUT2D eigenvalue weighted by atomic mass is 10.1. The number of rotatable bonds is 3. The third-order valence-corrected chi connectivity index (χ3v) is 3.55. The van der Waals surface area contributed by atoms with Crippen molar-refractivity contribution in [2.45, 2.75) is 6.54 Å². The van der Waals surface area contributed by atoms with Crippen LogP contribution in [-0.4, -0.2) is 17.1 Å². The van der Waals surface area contributed by atoms with Gasteiger partial charge in [-0.15, -0.1) is 0 Å². The molecule has 0 atom stereocenters. The molecule has 0 bridgehead atoms. The molecule has 0 amide bonds. The van der Waals surface area contributed by atoms with Crippen LogP contribution in [0.3, 0.4) is 0 Å². The molecule has 3 rings (SSSR count). The van der Waals surface area contributed by atoms with Crippen LogP contribution in [0.15, 0.2) is 54.7 Å². The van der Waals surface area contributed by atoms with Gasteiger partial charge < -0.3 is 15.7 Å². The molecule has 0 aliphatic rings. The second-order valence-corrected chi connectivity index (χ2v) is 5.09. The van der Waals surface area contributed by atoms with E-state index in [1.54, 1.807) is 18.3 Å². The largest absolute Gasteiger partial charge is 0.508 e. The SMILES string of the molecule is CN(Cc1ccccc1N)c1nccc2ccc(O)cc12. The van der Waals surface area contributed by atoms with Crippen LogP contribution in [0.4, 0.5) is 11.5 Å². The van der Waals surface area contributed by atoms with Crippen molar-refractivity contribution in [2.75, 3.05) is 17.7 Å². The number of fused-ring (bicyclic) bond motifs is 1. The van der Waals surface area contributed by atoms with Crippen LogP contribution in [0, 0.1) is 0 Å². The van der Waals surface area contributed by atoms with Gasteiger partial charge in [0.2, 0.25) is 0 Å². The van der Waals surface area contributed by atoms with Crippen molar-refractivity contribution < 1.29 is 5.11 Å². The predicted molar refractivity (Wildman–Crippen MR) is 86.4 cm³/mol. The van der Waals surface area contributed by atoms with Gasteiger partial charge in [-0.3, -0.25) is 0 Å². The van der Waals surface area contributed by atoms with Crippen molar-refractivity contribution in [3.05, 3.63) is 60.3 Å². The Hall–Kier alpha value is -2.75. The van der Waals surface area contributed by atoms with E-state index in [2.05, 4.69) is 4.98 Å². The summed E-state index contributed by atoms with van der Waals surface area (Å²) in [5, 5.41) is 11.7. The first kappa shape index (κ1) is 13.2. The van der Waals surface area contributed by atoms with Crippen LogP contribution >= 0.6 is 0 Å². The van der Waals surface area contributed by atoms with Crippen LogP contribution in [0.2, 0.25) is 0 Å². The Labute approximate surface area is 123 Å². The van der Waals surface area contributed by atoms with Crippen molar-refractivity contribution in [3.8, 4) is 5.75 Å². The average Bonchev–Trinajstić information content (AvgIpc) is 2.49. The lowest BCUT2D eigenvalue weighted by Gasteiger charge is -2.21. The van der Waals surface area contributed by atoms with Crippen LogP contribution in [0.25, 0.3) is 10.8 Å². The summed E-state index contributed by atoms with van der Waals surface area (Å²) in [7, 11) is 1.97. The Kier molecular flexibility index (Phi) is 3.36. The van der Waals surface area contributed by atoms with E-state index in [0.29, 0.717) is 6.54 Å². The number of nitrogens with two attached hydrogens (primary N) is 1. The van der Waals surface area contributed by atoms with Crippen molar-refractivity contribution >= 4 is 22.3 Å². The summed E-state index contributed by atoms with van der Waals surface area (Å²) < 4.78 is 0. The molecule has 1 aromatic heterocycles. The minimum Gasteiger partial charge on any atom is -0.508 e. The Balaban J connectivity index is 2.00. The fraction of sp³-hybridized carbons (Fsp3) is 0.118. The highest BCUT2D eigenvalue weighted by atomic mass is 16.3. The second-order valence-electron chi connectivity index (χ2n) is 5.09. The number of phenolic OH excluding ortho intramolecular Hbond substituents is 1. The summed E-state index contributed by atoms with van der Waals surface area (Å²) in [6.45, 7) is 0.661. The summed E-state index contributed by atoms with van der Waals surface area (Å²) in [5.41, 5.74) is 7.82. The summed E-state index contributed by atoms with van der Waals surface area (Å²) >= 11 is 0. The molecule has 1 heterocycles. The highest BCUT2D eigenvalue weighted by Gasteiger charge is 2.10. The van der Waals surface area contributed by atoms with E-state index in [9.17, 15) is 5.11 Å². The molecule has 0 aliphatic heterocycles. The minimum atomic E-state index is 0.240. The van der Waals surface area contributed by atoms with Crippen molar-refractivity contribution in [1.82, 2.24) is 4.98 Å². The molecular weight excluding hydrogens is 262 g/mol. The third-order valence-electron chi connectivity index (χ3n) is 3.55. The first-order chi connectivity index (χ1) is 10.1. The maximum atomic E-state index is 9.70. The Morgan fingerprint density at radius 3 is 2.76 bits per heavy atom. The molecule has 0 fully saturated rings. The monoisotopic (exact) mass is 279 g/mol. The van der Waals surface area contributed by atoms with Crippen molar-refractivity contribution in [1.29, 1.82) is 0 Å².